The molecule has 1 heterocycles. The zero-order chi connectivity index (χ0) is 17.2. The van der Waals surface area contributed by atoms with Crippen LogP contribution in [0.2, 0.25) is 0 Å². The topological polar surface area (TPSA) is 71.1 Å². The van der Waals surface area contributed by atoms with Crippen molar-refractivity contribution in [3.8, 4) is 0 Å². The Morgan fingerprint density at radius 3 is 2.72 bits per heavy atom. The monoisotopic (exact) mass is 331 g/mol. The number of para-hydroxylation sites is 1. The lowest BCUT2D eigenvalue weighted by Gasteiger charge is -2.14. The fourth-order valence-electron chi connectivity index (χ4n) is 3.32. The molecule has 0 bridgehead atoms. The molecule has 1 aliphatic rings. The molecule has 25 heavy (non-hydrogen) atoms. The van der Waals surface area contributed by atoms with Gasteiger partial charge in [0.25, 0.3) is 0 Å². The number of anilines is 1. The smallest absolute Gasteiger partial charge is 0.313 e. The third kappa shape index (κ3) is 2.96. The van der Waals surface area contributed by atoms with E-state index in [1.54, 1.807) is 12.3 Å². The lowest BCUT2D eigenvalue weighted by atomic mass is 10.1. The van der Waals surface area contributed by atoms with Crippen molar-refractivity contribution in [2.75, 3.05) is 5.32 Å². The minimum atomic E-state index is -0.678. The molecule has 2 aromatic carbocycles. The minimum absolute atomic E-state index is 0.111. The molecule has 0 radical (unpaired) electrons. The maximum atomic E-state index is 12.3. The number of carbonyl (C=O) groups excluding carboxylic acids is 2. The maximum Gasteiger partial charge on any atom is 0.313 e. The number of hydrogen-bond donors (Lipinski definition) is 2. The first kappa shape index (κ1) is 15.3. The Balaban J connectivity index is 1.49. The van der Waals surface area contributed by atoms with Crippen LogP contribution in [0.15, 0.2) is 60.8 Å². The van der Waals surface area contributed by atoms with Crippen LogP contribution in [-0.4, -0.2) is 16.8 Å². The highest BCUT2D eigenvalue weighted by molar-refractivity contribution is 6.40. The van der Waals surface area contributed by atoms with Crippen molar-refractivity contribution in [3.05, 3.63) is 71.9 Å². The van der Waals surface area contributed by atoms with E-state index in [2.05, 4.69) is 21.7 Å². The van der Waals surface area contributed by atoms with Crippen LogP contribution in [0, 0.1) is 0 Å². The fourth-order valence-corrected chi connectivity index (χ4v) is 3.32. The highest BCUT2D eigenvalue weighted by atomic mass is 16.2. The molecule has 0 aliphatic heterocycles. The molecule has 0 saturated heterocycles. The minimum Gasteiger partial charge on any atom is -0.341 e. The number of pyridine rings is 1. The van der Waals surface area contributed by atoms with Crippen molar-refractivity contribution in [2.24, 2.45) is 0 Å². The number of nitrogens with zero attached hydrogens (tertiary/aromatic N) is 1. The fraction of sp³-hybridized carbons (Fsp3) is 0.150. The van der Waals surface area contributed by atoms with Gasteiger partial charge in [-0.3, -0.25) is 14.6 Å². The molecule has 1 aliphatic carbocycles. The molecule has 124 valence electrons. The molecule has 2 N–H and O–H groups in total. The molecular formula is C20H17N3O2. The third-order valence-electron chi connectivity index (χ3n) is 4.53. The first-order valence-electron chi connectivity index (χ1n) is 8.26. The molecule has 5 nitrogen and oxygen atoms in total. The summed E-state index contributed by atoms with van der Waals surface area (Å²) in [4.78, 5) is 28.9. The van der Waals surface area contributed by atoms with Crippen molar-refractivity contribution in [3.63, 3.8) is 0 Å². The molecule has 3 aromatic rings. The Hall–Kier alpha value is -3.21. The van der Waals surface area contributed by atoms with Gasteiger partial charge in [-0.2, -0.15) is 0 Å². The van der Waals surface area contributed by atoms with E-state index in [4.69, 9.17) is 0 Å². The first-order valence-corrected chi connectivity index (χ1v) is 8.26. The standard InChI is InChI=1S/C20H17N3O2/c24-19(22-16-11-10-13-5-1-2-8-15(13)16)20(25)23-17-9-3-6-14-7-4-12-21-18(14)17/h1-9,12,16H,10-11H2,(H,22,24)(H,23,25)/t16-/m1/s1. The van der Waals surface area contributed by atoms with E-state index in [1.807, 2.05) is 42.5 Å². The largest absolute Gasteiger partial charge is 0.341 e. The number of amides is 2. The highest BCUT2D eigenvalue weighted by Crippen LogP contribution is 2.30. The Morgan fingerprint density at radius 2 is 1.80 bits per heavy atom. The van der Waals surface area contributed by atoms with Gasteiger partial charge in [-0.15, -0.1) is 0 Å². The number of hydrogen-bond acceptors (Lipinski definition) is 3. The molecule has 1 atom stereocenters. The summed E-state index contributed by atoms with van der Waals surface area (Å²) in [6.45, 7) is 0. The van der Waals surface area contributed by atoms with Gasteiger partial charge in [0, 0.05) is 11.6 Å². The molecule has 5 heteroatoms. The number of fused-ring (bicyclic) bond motifs is 2. The second kappa shape index (κ2) is 6.36. The first-order chi connectivity index (χ1) is 12.2. The van der Waals surface area contributed by atoms with Crippen molar-refractivity contribution < 1.29 is 9.59 Å². The van der Waals surface area contributed by atoms with Crippen LogP contribution in [-0.2, 0) is 16.0 Å². The summed E-state index contributed by atoms with van der Waals surface area (Å²) in [5.74, 6) is -1.31. The lowest BCUT2D eigenvalue weighted by molar-refractivity contribution is -0.136. The van der Waals surface area contributed by atoms with Crippen LogP contribution in [0.3, 0.4) is 0 Å². The number of aromatic nitrogens is 1. The summed E-state index contributed by atoms with van der Waals surface area (Å²) in [5, 5.41) is 6.41. The van der Waals surface area contributed by atoms with E-state index in [-0.39, 0.29) is 6.04 Å². The van der Waals surface area contributed by atoms with Crippen molar-refractivity contribution >= 4 is 28.4 Å². The second-order valence-corrected chi connectivity index (χ2v) is 6.10. The molecule has 0 spiro atoms. The van der Waals surface area contributed by atoms with E-state index in [0.717, 1.165) is 23.8 Å². The van der Waals surface area contributed by atoms with Gasteiger partial charge in [0.2, 0.25) is 0 Å². The van der Waals surface area contributed by atoms with Gasteiger partial charge in [0.15, 0.2) is 0 Å². The predicted octanol–water partition coefficient (Wildman–Crippen LogP) is 2.98. The van der Waals surface area contributed by atoms with Crippen molar-refractivity contribution in [1.29, 1.82) is 0 Å². The SMILES string of the molecule is O=C(Nc1cccc2cccnc12)C(=O)N[C@@H]1CCc2ccccc21. The Bertz CT molecular complexity index is 963. The van der Waals surface area contributed by atoms with Gasteiger partial charge < -0.3 is 10.6 Å². The Kier molecular flexibility index (Phi) is 3.90. The molecule has 1 aromatic heterocycles. The molecule has 0 saturated carbocycles. The quantitative estimate of drug-likeness (QED) is 0.709. The van der Waals surface area contributed by atoms with Crippen molar-refractivity contribution in [1.82, 2.24) is 10.3 Å². The summed E-state index contributed by atoms with van der Waals surface area (Å²) >= 11 is 0. The number of rotatable bonds is 2. The van der Waals surface area contributed by atoms with Crippen LogP contribution in [0.5, 0.6) is 0 Å². The number of benzene rings is 2. The van der Waals surface area contributed by atoms with Gasteiger partial charge in [0.05, 0.1) is 17.2 Å². The van der Waals surface area contributed by atoms with Crippen LogP contribution in [0.4, 0.5) is 5.69 Å². The van der Waals surface area contributed by atoms with Gasteiger partial charge in [-0.25, -0.2) is 0 Å². The molecular weight excluding hydrogens is 314 g/mol. The lowest BCUT2D eigenvalue weighted by Crippen LogP contribution is -2.37. The van der Waals surface area contributed by atoms with E-state index in [0.29, 0.717) is 11.2 Å². The average Bonchev–Trinajstić information content (AvgIpc) is 3.05. The van der Waals surface area contributed by atoms with Crippen LogP contribution in [0.25, 0.3) is 10.9 Å². The van der Waals surface area contributed by atoms with Gasteiger partial charge in [0.1, 0.15) is 0 Å². The maximum absolute atomic E-state index is 12.3. The zero-order valence-electron chi connectivity index (χ0n) is 13.5. The van der Waals surface area contributed by atoms with Crippen LogP contribution >= 0.6 is 0 Å². The number of carbonyl (C=O) groups is 2. The highest BCUT2D eigenvalue weighted by Gasteiger charge is 2.26. The van der Waals surface area contributed by atoms with Gasteiger partial charge in [-0.05, 0) is 36.1 Å². The van der Waals surface area contributed by atoms with E-state index in [1.165, 1.54) is 5.56 Å². The summed E-state index contributed by atoms with van der Waals surface area (Å²) in [6, 6.07) is 17.1. The van der Waals surface area contributed by atoms with Gasteiger partial charge in [-0.1, -0.05) is 42.5 Å². The average molecular weight is 331 g/mol. The Labute approximate surface area is 145 Å². The van der Waals surface area contributed by atoms with E-state index in [9.17, 15) is 9.59 Å². The summed E-state index contributed by atoms with van der Waals surface area (Å²) in [7, 11) is 0. The van der Waals surface area contributed by atoms with Crippen LogP contribution < -0.4 is 10.6 Å². The Morgan fingerprint density at radius 1 is 0.960 bits per heavy atom. The second-order valence-electron chi connectivity index (χ2n) is 6.10. The predicted molar refractivity (Wildman–Crippen MR) is 96.0 cm³/mol. The third-order valence-corrected chi connectivity index (χ3v) is 4.53. The molecule has 0 unspecified atom stereocenters. The summed E-state index contributed by atoms with van der Waals surface area (Å²) in [6.07, 6.45) is 3.39. The summed E-state index contributed by atoms with van der Waals surface area (Å²) in [5.41, 5.74) is 3.52. The summed E-state index contributed by atoms with van der Waals surface area (Å²) < 4.78 is 0. The normalized spacial score (nSPS) is 15.6. The number of nitrogens with one attached hydrogen (secondary N) is 2. The number of aryl methyl sites for hydroxylation is 1. The molecule has 2 amide bonds. The van der Waals surface area contributed by atoms with Crippen molar-refractivity contribution in [2.45, 2.75) is 18.9 Å². The molecule has 4 rings (SSSR count). The van der Waals surface area contributed by atoms with Gasteiger partial charge >= 0.3 is 11.8 Å². The zero-order valence-corrected chi connectivity index (χ0v) is 13.5. The molecule has 0 fully saturated rings. The van der Waals surface area contributed by atoms with E-state index < -0.39 is 11.8 Å². The van der Waals surface area contributed by atoms with Crippen LogP contribution in [0.1, 0.15) is 23.6 Å². The van der Waals surface area contributed by atoms with E-state index >= 15 is 0 Å².